The van der Waals surface area contributed by atoms with Gasteiger partial charge >= 0.3 is 0 Å². The summed E-state index contributed by atoms with van der Waals surface area (Å²) in [6.45, 7) is 15.6. The number of amides is 1. The van der Waals surface area contributed by atoms with Gasteiger partial charge in [0.05, 0.1) is 16.6 Å². The standard InChI is InChI=1S/C31H35N3O2/c1-7-9-12-21-19(4)23-17-32-30(35)28(23)27-22-13-10-11-14-25(22)33-26-15-18(3)16-31(6,36-26)34(24(21)8-2)20(5)29(27)33/h7,9-14,18,26H,1,8,15-17H2,2-6H3,(H,32,35)/b12-9-,23-19?,24-21?,28-27?/t18?,26-,31+/m1/s1. The lowest BCUT2D eigenvalue weighted by molar-refractivity contribution is -0.205. The van der Waals surface area contributed by atoms with E-state index in [0.717, 1.165) is 69.0 Å². The second-order valence-corrected chi connectivity index (χ2v) is 10.8. The average Bonchev–Trinajstić information content (AvgIpc) is 3.37. The van der Waals surface area contributed by atoms with E-state index < -0.39 is 5.72 Å². The van der Waals surface area contributed by atoms with E-state index in [9.17, 15) is 4.79 Å². The van der Waals surface area contributed by atoms with Gasteiger partial charge in [0.15, 0.2) is 0 Å². The smallest absolute Gasteiger partial charge is 0.252 e. The number of carbonyl (C=O) groups is 1. The number of aromatic nitrogens is 2. The van der Waals surface area contributed by atoms with E-state index in [4.69, 9.17) is 4.74 Å². The number of hydrogen-bond donors (Lipinski definition) is 1. The molecule has 0 aliphatic carbocycles. The number of ether oxygens (including phenoxy) is 1. The van der Waals surface area contributed by atoms with Gasteiger partial charge in [0, 0.05) is 28.7 Å². The zero-order valence-electron chi connectivity index (χ0n) is 21.9. The topological polar surface area (TPSA) is 48.2 Å². The number of hydrogen-bond acceptors (Lipinski definition) is 2. The molecule has 3 aliphatic heterocycles. The molecule has 1 fully saturated rings. The molecule has 1 N–H and O–H groups in total. The van der Waals surface area contributed by atoms with E-state index in [1.54, 1.807) is 0 Å². The third kappa shape index (κ3) is 3.02. The van der Waals surface area contributed by atoms with Crippen LogP contribution in [0.3, 0.4) is 0 Å². The van der Waals surface area contributed by atoms with Gasteiger partial charge < -0.3 is 19.2 Å². The molecule has 1 unspecified atom stereocenters. The maximum Gasteiger partial charge on any atom is 0.252 e. The van der Waals surface area contributed by atoms with Gasteiger partial charge in [-0.05, 0) is 68.7 Å². The Labute approximate surface area is 212 Å². The van der Waals surface area contributed by atoms with E-state index in [1.165, 1.54) is 5.69 Å². The van der Waals surface area contributed by atoms with Crippen LogP contribution in [0.5, 0.6) is 0 Å². The molecule has 186 valence electrons. The molecule has 5 nitrogen and oxygen atoms in total. The van der Waals surface area contributed by atoms with Gasteiger partial charge in [0.2, 0.25) is 0 Å². The highest BCUT2D eigenvalue weighted by Gasteiger charge is 2.44. The van der Waals surface area contributed by atoms with Gasteiger partial charge in [-0.2, -0.15) is 0 Å². The fourth-order valence-corrected chi connectivity index (χ4v) is 7.19. The minimum atomic E-state index is -0.500. The second kappa shape index (κ2) is 8.10. The van der Waals surface area contributed by atoms with Gasteiger partial charge in [-0.15, -0.1) is 0 Å². The number of allylic oxidation sites excluding steroid dienone is 2. The zero-order chi connectivity index (χ0) is 25.4. The number of benzene rings is 1. The highest BCUT2D eigenvalue weighted by Crippen LogP contribution is 2.49. The molecular weight excluding hydrogens is 446 g/mol. The Bertz CT molecular complexity index is 1550. The molecule has 3 aliphatic rings. The summed E-state index contributed by atoms with van der Waals surface area (Å²) in [7, 11) is 0. The summed E-state index contributed by atoms with van der Waals surface area (Å²) >= 11 is 0. The van der Waals surface area contributed by atoms with E-state index in [1.807, 2.05) is 12.2 Å². The van der Waals surface area contributed by atoms with Crippen LogP contribution in [-0.4, -0.2) is 15.0 Å². The maximum absolute atomic E-state index is 13.6. The van der Waals surface area contributed by atoms with Gasteiger partial charge in [0.25, 0.3) is 5.91 Å². The van der Waals surface area contributed by atoms with Crippen LogP contribution in [0, 0.1) is 19.8 Å². The minimum absolute atomic E-state index is 0.00238. The van der Waals surface area contributed by atoms with Crippen LogP contribution in [0.2, 0.25) is 0 Å². The average molecular weight is 482 g/mol. The summed E-state index contributed by atoms with van der Waals surface area (Å²) in [5, 5.41) is 5.29. The summed E-state index contributed by atoms with van der Waals surface area (Å²) in [6, 6.07) is 8.50. The van der Waals surface area contributed by atoms with Crippen molar-refractivity contribution in [2.24, 2.45) is 5.92 Å². The molecule has 6 rings (SSSR count). The van der Waals surface area contributed by atoms with Gasteiger partial charge in [-0.1, -0.05) is 56.9 Å². The Morgan fingerprint density at radius 3 is 2.81 bits per heavy atom. The first-order valence-corrected chi connectivity index (χ1v) is 13.1. The van der Waals surface area contributed by atoms with E-state index in [-0.39, 0.29) is 12.1 Å². The molecule has 3 aromatic rings. The molecular formula is C31H35N3O2. The van der Waals surface area contributed by atoms with Crippen molar-refractivity contribution >= 4 is 33.8 Å². The van der Waals surface area contributed by atoms with Crippen molar-refractivity contribution < 1.29 is 9.53 Å². The molecule has 0 radical (unpaired) electrons. The van der Waals surface area contributed by atoms with Crippen molar-refractivity contribution in [3.63, 3.8) is 0 Å². The highest BCUT2D eigenvalue weighted by molar-refractivity contribution is 6.20. The molecule has 0 saturated carbocycles. The Kier molecular flexibility index (Phi) is 5.20. The van der Waals surface area contributed by atoms with Crippen LogP contribution < -0.4 is 5.32 Å². The molecule has 2 aromatic heterocycles. The maximum atomic E-state index is 13.6. The third-order valence-electron chi connectivity index (χ3n) is 8.45. The van der Waals surface area contributed by atoms with Crippen molar-refractivity contribution in [1.29, 1.82) is 0 Å². The van der Waals surface area contributed by atoms with Gasteiger partial charge in [0.1, 0.15) is 12.0 Å². The minimum Gasteiger partial charge on any atom is -0.348 e. The Morgan fingerprint density at radius 1 is 1.28 bits per heavy atom. The van der Waals surface area contributed by atoms with Crippen LogP contribution in [0.25, 0.3) is 27.9 Å². The second-order valence-electron chi connectivity index (χ2n) is 10.8. The predicted octanol–water partition coefficient (Wildman–Crippen LogP) is 6.97. The van der Waals surface area contributed by atoms with Crippen LogP contribution in [0.15, 0.2) is 43.0 Å². The number of carbonyl (C=O) groups excluding carboxylic acids is 1. The number of nitrogens with zero attached hydrogens (tertiary/aromatic N) is 2. The van der Waals surface area contributed by atoms with Crippen LogP contribution in [0.4, 0.5) is 0 Å². The molecule has 5 heteroatoms. The molecule has 0 spiro atoms. The molecule has 4 bridgehead atoms. The highest BCUT2D eigenvalue weighted by atomic mass is 16.5. The number of aryl methyl sites for hydroxylation is 1. The number of nitrogens with one attached hydrogen (secondary N) is 1. The van der Waals surface area contributed by atoms with Crippen molar-refractivity contribution in [3.05, 3.63) is 76.6 Å². The largest absolute Gasteiger partial charge is 0.348 e. The summed E-state index contributed by atoms with van der Waals surface area (Å²) in [5.41, 5.74) is 8.25. The first-order valence-electron chi connectivity index (χ1n) is 13.1. The molecule has 36 heavy (non-hydrogen) atoms. The lowest BCUT2D eigenvalue weighted by Gasteiger charge is -2.43. The number of fused-ring (bicyclic) bond motifs is 10. The lowest BCUT2D eigenvalue weighted by atomic mass is 9.91. The lowest BCUT2D eigenvalue weighted by Crippen LogP contribution is -2.42. The predicted molar refractivity (Wildman–Crippen MR) is 146 cm³/mol. The van der Waals surface area contributed by atoms with Gasteiger partial charge in [-0.25, -0.2) is 0 Å². The van der Waals surface area contributed by atoms with Gasteiger partial charge in [-0.3, -0.25) is 4.79 Å². The van der Waals surface area contributed by atoms with E-state index >= 15 is 0 Å². The Hall–Kier alpha value is -3.31. The Morgan fingerprint density at radius 2 is 2.06 bits per heavy atom. The molecule has 5 heterocycles. The van der Waals surface area contributed by atoms with Crippen molar-refractivity contribution in [1.82, 2.24) is 14.5 Å². The summed E-state index contributed by atoms with van der Waals surface area (Å²) in [5.74, 6) is 0.491. The fourth-order valence-electron chi connectivity index (χ4n) is 7.19. The summed E-state index contributed by atoms with van der Waals surface area (Å²) in [6.07, 6.45) is 8.59. The number of rotatable bonds is 3. The van der Waals surface area contributed by atoms with E-state index in [2.05, 4.69) is 86.0 Å². The summed E-state index contributed by atoms with van der Waals surface area (Å²) in [4.78, 5) is 13.6. The van der Waals surface area contributed by atoms with Crippen LogP contribution >= 0.6 is 0 Å². The van der Waals surface area contributed by atoms with Crippen molar-refractivity contribution in [2.75, 3.05) is 0 Å². The Balaban J connectivity index is 2.01. The molecule has 3 atom stereocenters. The molecule has 1 aromatic carbocycles. The van der Waals surface area contributed by atoms with Crippen LogP contribution in [0.1, 0.15) is 78.3 Å². The quantitative estimate of drug-likeness (QED) is 0.411. The SMILES string of the molecule is C=C/C=C\c1c(C)c2c(c3c4ccccc4n4c3c(C)n(c1CC)[C@]1(C)CC(C)C[C@H]4O1)C(=O)NC2. The zero-order valence-corrected chi connectivity index (χ0v) is 21.9. The first kappa shape index (κ1) is 23.1. The van der Waals surface area contributed by atoms with Crippen molar-refractivity contribution in [2.45, 2.75) is 72.4 Å². The van der Waals surface area contributed by atoms with Crippen LogP contribution in [-0.2, 0) is 23.4 Å². The monoisotopic (exact) mass is 481 g/mol. The summed E-state index contributed by atoms with van der Waals surface area (Å²) < 4.78 is 11.9. The van der Waals surface area contributed by atoms with E-state index in [0.29, 0.717) is 12.5 Å². The third-order valence-corrected chi connectivity index (χ3v) is 8.45. The molecule has 1 saturated heterocycles. The normalized spacial score (nSPS) is 24.3. The molecule has 1 amide bonds. The first-order chi connectivity index (χ1) is 17.3. The number of para-hydroxylation sites is 1. The fraction of sp³-hybridized carbons (Fsp3) is 0.387. The van der Waals surface area contributed by atoms with Crippen molar-refractivity contribution in [3.8, 4) is 0 Å².